The summed E-state index contributed by atoms with van der Waals surface area (Å²) in [5.74, 6) is 0.450. The zero-order chi connectivity index (χ0) is 22.5. The van der Waals surface area contributed by atoms with E-state index in [1.807, 2.05) is 91.2 Å². The number of carbonyl (C=O) groups excluding carboxylic acids is 2. The van der Waals surface area contributed by atoms with E-state index in [4.69, 9.17) is 0 Å². The molecule has 6 nitrogen and oxygen atoms in total. The quantitative estimate of drug-likeness (QED) is 0.478. The zero-order valence-corrected chi connectivity index (χ0v) is 18.3. The Morgan fingerprint density at radius 1 is 0.938 bits per heavy atom. The van der Waals surface area contributed by atoms with Gasteiger partial charge >= 0.3 is 0 Å². The van der Waals surface area contributed by atoms with Gasteiger partial charge in [-0.05, 0) is 49.7 Å². The predicted molar refractivity (Wildman–Crippen MR) is 127 cm³/mol. The van der Waals surface area contributed by atoms with Crippen LogP contribution >= 0.6 is 0 Å². The van der Waals surface area contributed by atoms with Gasteiger partial charge in [0.25, 0.3) is 5.91 Å². The molecule has 0 spiro atoms. The van der Waals surface area contributed by atoms with E-state index < -0.39 is 0 Å². The fourth-order valence-electron chi connectivity index (χ4n) is 3.85. The van der Waals surface area contributed by atoms with Gasteiger partial charge in [-0.3, -0.25) is 9.59 Å². The van der Waals surface area contributed by atoms with E-state index in [0.29, 0.717) is 17.9 Å². The number of aromatic nitrogens is 2. The number of nitrogens with zero attached hydrogens (tertiary/aromatic N) is 3. The molecule has 3 aromatic carbocycles. The molecular formula is C26H26N4O2. The van der Waals surface area contributed by atoms with Gasteiger partial charge in [0.2, 0.25) is 5.91 Å². The molecule has 6 heteroatoms. The van der Waals surface area contributed by atoms with Crippen molar-refractivity contribution in [2.24, 2.45) is 0 Å². The number of likely N-dealkylation sites (N-methyl/N-ethyl adjacent to an activating group) is 1. The van der Waals surface area contributed by atoms with Crippen molar-refractivity contribution in [3.8, 4) is 0 Å². The molecule has 0 saturated heterocycles. The fourth-order valence-corrected chi connectivity index (χ4v) is 3.85. The highest BCUT2D eigenvalue weighted by molar-refractivity contribution is 5.96. The number of nitrogens with one attached hydrogen (secondary N) is 1. The third kappa shape index (κ3) is 4.39. The molecule has 0 atom stereocenters. The molecule has 0 aliphatic heterocycles. The average molecular weight is 427 g/mol. The Kier molecular flexibility index (Phi) is 6.31. The lowest BCUT2D eigenvalue weighted by Crippen LogP contribution is -2.34. The molecule has 1 N–H and O–H groups in total. The topological polar surface area (TPSA) is 67.2 Å². The molecule has 1 aromatic heterocycles. The van der Waals surface area contributed by atoms with Crippen LogP contribution in [0.2, 0.25) is 0 Å². The third-order valence-electron chi connectivity index (χ3n) is 5.51. The van der Waals surface area contributed by atoms with E-state index in [0.717, 1.165) is 22.3 Å². The van der Waals surface area contributed by atoms with Gasteiger partial charge in [-0.1, -0.05) is 48.5 Å². The number of anilines is 1. The Balaban J connectivity index is 1.60. The van der Waals surface area contributed by atoms with Crippen molar-refractivity contribution in [3.63, 3.8) is 0 Å². The van der Waals surface area contributed by atoms with Crippen molar-refractivity contribution in [2.45, 2.75) is 26.9 Å². The Labute approximate surface area is 187 Å². The molecule has 0 radical (unpaired) electrons. The molecule has 0 bridgehead atoms. The van der Waals surface area contributed by atoms with Gasteiger partial charge in [-0.25, -0.2) is 4.98 Å². The minimum atomic E-state index is -0.160. The van der Waals surface area contributed by atoms with Crippen LogP contribution in [0.1, 0.15) is 28.7 Å². The van der Waals surface area contributed by atoms with Crippen molar-refractivity contribution in [2.75, 3.05) is 11.4 Å². The molecule has 0 aliphatic rings. The minimum absolute atomic E-state index is 0.0340. The SMILES string of the molecule is CCN(C(=O)Cn1c(CNC(=O)c2ccccc2C)nc2ccccc21)c1ccccc1. The van der Waals surface area contributed by atoms with E-state index in [1.165, 1.54) is 0 Å². The molecule has 0 saturated carbocycles. The number of aryl methyl sites for hydroxylation is 1. The molecule has 32 heavy (non-hydrogen) atoms. The van der Waals surface area contributed by atoms with Gasteiger partial charge in [0.1, 0.15) is 12.4 Å². The van der Waals surface area contributed by atoms with E-state index in [9.17, 15) is 9.59 Å². The number of benzene rings is 3. The molecule has 0 fully saturated rings. The minimum Gasteiger partial charge on any atom is -0.345 e. The maximum Gasteiger partial charge on any atom is 0.251 e. The summed E-state index contributed by atoms with van der Waals surface area (Å²) in [5, 5.41) is 2.96. The second-order valence-electron chi connectivity index (χ2n) is 7.57. The van der Waals surface area contributed by atoms with Gasteiger partial charge in [0.05, 0.1) is 17.6 Å². The fraction of sp³-hybridized carbons (Fsp3) is 0.192. The van der Waals surface area contributed by atoms with Crippen LogP contribution in [-0.2, 0) is 17.9 Å². The first-order chi connectivity index (χ1) is 15.6. The number of carbonyl (C=O) groups is 2. The van der Waals surface area contributed by atoms with Crippen LogP contribution in [0, 0.1) is 6.92 Å². The average Bonchev–Trinajstić information content (AvgIpc) is 3.16. The van der Waals surface area contributed by atoms with Crippen LogP contribution < -0.4 is 10.2 Å². The molecular weight excluding hydrogens is 400 g/mol. The molecule has 4 rings (SSSR count). The second-order valence-corrected chi connectivity index (χ2v) is 7.57. The third-order valence-corrected chi connectivity index (χ3v) is 5.51. The Morgan fingerprint density at radius 3 is 2.38 bits per heavy atom. The van der Waals surface area contributed by atoms with E-state index in [1.54, 1.807) is 11.0 Å². The second kappa shape index (κ2) is 9.47. The number of fused-ring (bicyclic) bond motifs is 1. The van der Waals surface area contributed by atoms with Gasteiger partial charge < -0.3 is 14.8 Å². The number of imidazole rings is 1. The molecule has 162 valence electrons. The monoisotopic (exact) mass is 426 g/mol. The lowest BCUT2D eigenvalue weighted by Gasteiger charge is -2.22. The molecule has 1 heterocycles. The summed E-state index contributed by atoms with van der Waals surface area (Å²) in [5.41, 5.74) is 4.06. The molecule has 0 unspecified atom stereocenters. The Hall–Kier alpha value is -3.93. The number of rotatable bonds is 7. The van der Waals surface area contributed by atoms with Crippen molar-refractivity contribution in [1.82, 2.24) is 14.9 Å². The molecule has 0 aliphatic carbocycles. The number of hydrogen-bond acceptors (Lipinski definition) is 3. The smallest absolute Gasteiger partial charge is 0.251 e. The summed E-state index contributed by atoms with van der Waals surface area (Å²) in [7, 11) is 0. The number of hydrogen-bond donors (Lipinski definition) is 1. The maximum absolute atomic E-state index is 13.2. The molecule has 4 aromatic rings. The number of para-hydroxylation sites is 3. The molecule has 2 amide bonds. The summed E-state index contributed by atoms with van der Waals surface area (Å²) in [6.07, 6.45) is 0. The summed E-state index contributed by atoms with van der Waals surface area (Å²) in [6, 6.07) is 24.8. The normalized spacial score (nSPS) is 10.8. The van der Waals surface area contributed by atoms with Gasteiger partial charge in [-0.2, -0.15) is 0 Å². The summed E-state index contributed by atoms with van der Waals surface area (Å²) >= 11 is 0. The van der Waals surface area contributed by atoms with E-state index in [2.05, 4.69) is 10.3 Å². The highest BCUT2D eigenvalue weighted by Crippen LogP contribution is 2.19. The van der Waals surface area contributed by atoms with Crippen LogP contribution in [0.25, 0.3) is 11.0 Å². The van der Waals surface area contributed by atoms with Crippen LogP contribution in [0.3, 0.4) is 0 Å². The Morgan fingerprint density at radius 2 is 1.62 bits per heavy atom. The Bertz CT molecular complexity index is 1250. The van der Waals surface area contributed by atoms with Crippen LogP contribution in [0.5, 0.6) is 0 Å². The highest BCUT2D eigenvalue weighted by Gasteiger charge is 2.19. The standard InChI is InChI=1S/C26H26N4O2/c1-3-29(20-12-5-4-6-13-20)25(31)18-30-23-16-10-9-15-22(23)28-24(30)17-27-26(32)21-14-8-7-11-19(21)2/h4-16H,3,17-18H2,1-2H3,(H,27,32). The highest BCUT2D eigenvalue weighted by atomic mass is 16.2. The van der Waals surface area contributed by atoms with Crippen LogP contribution in [0.15, 0.2) is 78.9 Å². The summed E-state index contributed by atoms with van der Waals surface area (Å²) in [6.45, 7) is 4.80. The van der Waals surface area contributed by atoms with E-state index in [-0.39, 0.29) is 24.9 Å². The van der Waals surface area contributed by atoms with Gasteiger partial charge in [0, 0.05) is 17.8 Å². The van der Waals surface area contributed by atoms with Crippen LogP contribution in [0.4, 0.5) is 5.69 Å². The summed E-state index contributed by atoms with van der Waals surface area (Å²) < 4.78 is 1.89. The van der Waals surface area contributed by atoms with E-state index >= 15 is 0 Å². The zero-order valence-electron chi connectivity index (χ0n) is 18.3. The van der Waals surface area contributed by atoms with Crippen molar-refractivity contribution in [3.05, 3.63) is 95.8 Å². The first kappa shape index (κ1) is 21.3. The number of amides is 2. The predicted octanol–water partition coefficient (Wildman–Crippen LogP) is 4.33. The summed E-state index contributed by atoms with van der Waals surface area (Å²) in [4.78, 5) is 32.4. The van der Waals surface area contributed by atoms with Crippen LogP contribution in [-0.4, -0.2) is 27.9 Å². The largest absolute Gasteiger partial charge is 0.345 e. The first-order valence-electron chi connectivity index (χ1n) is 10.7. The maximum atomic E-state index is 13.2. The first-order valence-corrected chi connectivity index (χ1v) is 10.7. The van der Waals surface area contributed by atoms with Crippen molar-refractivity contribution >= 4 is 28.5 Å². The van der Waals surface area contributed by atoms with Gasteiger partial charge in [-0.15, -0.1) is 0 Å². The van der Waals surface area contributed by atoms with Crippen molar-refractivity contribution in [1.29, 1.82) is 0 Å². The lowest BCUT2D eigenvalue weighted by atomic mass is 10.1. The lowest BCUT2D eigenvalue weighted by molar-refractivity contribution is -0.119. The van der Waals surface area contributed by atoms with Gasteiger partial charge in [0.15, 0.2) is 0 Å². The van der Waals surface area contributed by atoms with Crippen molar-refractivity contribution < 1.29 is 9.59 Å².